The quantitative estimate of drug-likeness (QED) is 0.0769. The van der Waals surface area contributed by atoms with Gasteiger partial charge in [-0.25, -0.2) is 4.39 Å². The van der Waals surface area contributed by atoms with Gasteiger partial charge in [-0.15, -0.1) is 11.8 Å². The van der Waals surface area contributed by atoms with Gasteiger partial charge in [-0.05, 0) is 66.2 Å². The maximum absolute atomic E-state index is 14.5. The lowest BCUT2D eigenvalue weighted by molar-refractivity contribution is -0.137. The van der Waals surface area contributed by atoms with E-state index >= 15 is 0 Å². The number of hydrogen-bond donors (Lipinski definition) is 3. The molecule has 248 valence electrons. The number of amides is 3. The number of alkyl halides is 3. The molecule has 5 aromatic rings. The molecule has 0 aromatic heterocycles. The van der Waals surface area contributed by atoms with E-state index < -0.39 is 40.5 Å². The van der Waals surface area contributed by atoms with Crippen LogP contribution < -0.4 is 16.0 Å². The maximum atomic E-state index is 14.5. The van der Waals surface area contributed by atoms with Crippen LogP contribution in [0.5, 0.6) is 0 Å². The molecule has 49 heavy (non-hydrogen) atoms. The second-order valence-electron chi connectivity index (χ2n) is 10.5. The molecule has 0 saturated heterocycles. The van der Waals surface area contributed by atoms with E-state index in [1.807, 2.05) is 0 Å². The zero-order valence-electron chi connectivity index (χ0n) is 25.3. The van der Waals surface area contributed by atoms with Crippen LogP contribution in [0.4, 0.5) is 28.9 Å². The first-order valence-electron chi connectivity index (χ1n) is 14.6. The molecule has 0 aliphatic carbocycles. The summed E-state index contributed by atoms with van der Waals surface area (Å²) in [7, 11) is 0. The Morgan fingerprint density at radius 3 is 2.12 bits per heavy atom. The lowest BCUT2D eigenvalue weighted by Crippen LogP contribution is -2.30. The molecule has 6 nitrogen and oxygen atoms in total. The number of thioether (sulfide) groups is 1. The highest BCUT2D eigenvalue weighted by atomic mass is 35.5. The van der Waals surface area contributed by atoms with Crippen molar-refractivity contribution in [1.29, 1.82) is 0 Å². The van der Waals surface area contributed by atoms with Crippen molar-refractivity contribution in [2.45, 2.75) is 16.3 Å². The van der Waals surface area contributed by atoms with Crippen LogP contribution in [0, 0.1) is 5.82 Å². The SMILES string of the molecule is O=C(Nc1cccc(SC(C(=O)Nc2cc(C(F)(F)F)ccc2Cl)c2ccccc2)c1)/C(=C/c1ccccc1F)NC(=O)c1ccccc1. The molecule has 0 saturated carbocycles. The normalized spacial score (nSPS) is 12.1. The van der Waals surface area contributed by atoms with Gasteiger partial charge >= 0.3 is 6.18 Å². The molecule has 0 spiro atoms. The van der Waals surface area contributed by atoms with Gasteiger partial charge in [-0.2, -0.15) is 13.2 Å². The summed E-state index contributed by atoms with van der Waals surface area (Å²) in [4.78, 5) is 40.6. The fourth-order valence-electron chi connectivity index (χ4n) is 4.57. The summed E-state index contributed by atoms with van der Waals surface area (Å²) in [6.07, 6.45) is -3.42. The number of carbonyl (C=O) groups is 3. The van der Waals surface area contributed by atoms with Crippen LogP contribution in [-0.4, -0.2) is 17.7 Å². The molecule has 1 unspecified atom stereocenters. The summed E-state index contributed by atoms with van der Waals surface area (Å²) in [6.45, 7) is 0. The van der Waals surface area contributed by atoms with E-state index in [4.69, 9.17) is 11.6 Å². The van der Waals surface area contributed by atoms with E-state index in [0.29, 0.717) is 10.5 Å². The molecular formula is C37H26ClF4N3O3S. The number of carbonyl (C=O) groups excluding carboxylic acids is 3. The Kier molecular flexibility index (Phi) is 11.2. The van der Waals surface area contributed by atoms with Crippen molar-refractivity contribution in [3.8, 4) is 0 Å². The van der Waals surface area contributed by atoms with Crippen LogP contribution in [-0.2, 0) is 15.8 Å². The third-order valence-electron chi connectivity index (χ3n) is 6.97. The smallest absolute Gasteiger partial charge is 0.323 e. The summed E-state index contributed by atoms with van der Waals surface area (Å²) in [5.41, 5.74) is -0.194. The molecule has 0 aliphatic rings. The van der Waals surface area contributed by atoms with E-state index in [1.165, 1.54) is 24.3 Å². The Hall–Kier alpha value is -5.39. The molecular weight excluding hydrogens is 678 g/mol. The summed E-state index contributed by atoms with van der Waals surface area (Å²) in [6, 6.07) is 31.7. The summed E-state index contributed by atoms with van der Waals surface area (Å²) < 4.78 is 54.6. The van der Waals surface area contributed by atoms with Crippen LogP contribution in [0.25, 0.3) is 6.08 Å². The molecule has 3 N–H and O–H groups in total. The first kappa shape index (κ1) is 34.9. The number of halogens is 5. The predicted molar refractivity (Wildman–Crippen MR) is 183 cm³/mol. The molecule has 3 amide bonds. The molecule has 0 bridgehead atoms. The van der Waals surface area contributed by atoms with Crippen LogP contribution >= 0.6 is 23.4 Å². The summed E-state index contributed by atoms with van der Waals surface area (Å²) >= 11 is 7.23. The van der Waals surface area contributed by atoms with E-state index in [1.54, 1.807) is 91.0 Å². The Labute approximate surface area is 288 Å². The molecule has 5 aromatic carbocycles. The van der Waals surface area contributed by atoms with Crippen molar-refractivity contribution in [3.05, 3.63) is 166 Å². The Morgan fingerprint density at radius 2 is 1.43 bits per heavy atom. The van der Waals surface area contributed by atoms with Crippen molar-refractivity contribution in [2.75, 3.05) is 10.6 Å². The zero-order chi connectivity index (χ0) is 35.0. The highest BCUT2D eigenvalue weighted by molar-refractivity contribution is 8.00. The Balaban J connectivity index is 1.39. The summed E-state index contributed by atoms with van der Waals surface area (Å²) in [5, 5.41) is 6.77. The van der Waals surface area contributed by atoms with Gasteiger partial charge in [0.15, 0.2) is 0 Å². The van der Waals surface area contributed by atoms with Gasteiger partial charge in [-0.1, -0.05) is 84.4 Å². The van der Waals surface area contributed by atoms with Gasteiger partial charge in [0.25, 0.3) is 11.8 Å². The molecule has 1 atom stereocenters. The lowest BCUT2D eigenvalue weighted by Gasteiger charge is -2.19. The van der Waals surface area contributed by atoms with E-state index in [9.17, 15) is 31.9 Å². The first-order chi connectivity index (χ1) is 23.5. The fourth-order valence-corrected chi connectivity index (χ4v) is 5.82. The average Bonchev–Trinajstić information content (AvgIpc) is 3.09. The number of benzene rings is 5. The molecule has 0 heterocycles. The monoisotopic (exact) mass is 703 g/mol. The van der Waals surface area contributed by atoms with E-state index in [-0.39, 0.29) is 33.2 Å². The van der Waals surface area contributed by atoms with Crippen LogP contribution in [0.3, 0.4) is 0 Å². The minimum atomic E-state index is -4.64. The van der Waals surface area contributed by atoms with Gasteiger partial charge < -0.3 is 16.0 Å². The Bertz CT molecular complexity index is 2010. The first-order valence-corrected chi connectivity index (χ1v) is 15.9. The Morgan fingerprint density at radius 1 is 0.755 bits per heavy atom. The van der Waals surface area contributed by atoms with Crippen molar-refractivity contribution in [1.82, 2.24) is 5.32 Å². The minimum Gasteiger partial charge on any atom is -0.323 e. The van der Waals surface area contributed by atoms with Crippen LogP contribution in [0.15, 0.2) is 138 Å². The highest BCUT2D eigenvalue weighted by Crippen LogP contribution is 2.39. The molecule has 0 radical (unpaired) electrons. The minimum absolute atomic E-state index is 0.0681. The number of rotatable bonds is 10. The summed E-state index contributed by atoms with van der Waals surface area (Å²) in [5.74, 6) is -2.56. The maximum Gasteiger partial charge on any atom is 0.416 e. The number of anilines is 2. The number of hydrogen-bond acceptors (Lipinski definition) is 4. The molecule has 5 rings (SSSR count). The van der Waals surface area contributed by atoms with Gasteiger partial charge in [0, 0.05) is 21.7 Å². The third-order valence-corrected chi connectivity index (χ3v) is 8.55. The average molecular weight is 704 g/mol. The van der Waals surface area contributed by atoms with Crippen molar-refractivity contribution in [3.63, 3.8) is 0 Å². The van der Waals surface area contributed by atoms with Gasteiger partial charge in [0.05, 0.1) is 16.3 Å². The largest absolute Gasteiger partial charge is 0.416 e. The zero-order valence-corrected chi connectivity index (χ0v) is 26.9. The lowest BCUT2D eigenvalue weighted by atomic mass is 10.1. The molecule has 0 fully saturated rings. The third kappa shape index (κ3) is 9.37. The molecule has 0 aliphatic heterocycles. The second-order valence-corrected chi connectivity index (χ2v) is 12.1. The number of nitrogens with one attached hydrogen (secondary N) is 3. The predicted octanol–water partition coefficient (Wildman–Crippen LogP) is 9.38. The van der Waals surface area contributed by atoms with E-state index in [2.05, 4.69) is 16.0 Å². The van der Waals surface area contributed by atoms with Gasteiger partial charge in [0.1, 0.15) is 16.8 Å². The molecule has 12 heteroatoms. The van der Waals surface area contributed by atoms with E-state index in [0.717, 1.165) is 30.0 Å². The standard InChI is InChI=1S/C37H26ClF4N3O3S/c38-29-19-18-26(37(40,41)42)21-31(29)44-36(48)33(23-10-3-1-4-11-23)49-28-16-9-15-27(22-28)43-35(47)32(20-25-14-7-8-17-30(25)39)45-34(46)24-12-5-2-6-13-24/h1-22,33H,(H,43,47)(H,44,48)(H,45,46)/b32-20-. The second kappa shape index (κ2) is 15.7. The highest BCUT2D eigenvalue weighted by Gasteiger charge is 2.32. The van der Waals surface area contributed by atoms with Gasteiger partial charge in [0.2, 0.25) is 5.91 Å². The topological polar surface area (TPSA) is 87.3 Å². The van der Waals surface area contributed by atoms with Crippen molar-refractivity contribution in [2.24, 2.45) is 0 Å². The van der Waals surface area contributed by atoms with Crippen LogP contribution in [0.2, 0.25) is 5.02 Å². The van der Waals surface area contributed by atoms with Crippen molar-refractivity contribution < 1.29 is 31.9 Å². The van der Waals surface area contributed by atoms with Crippen molar-refractivity contribution >= 4 is 58.5 Å². The van der Waals surface area contributed by atoms with Gasteiger partial charge in [-0.3, -0.25) is 14.4 Å². The fraction of sp³-hybridized carbons (Fsp3) is 0.0541. The van der Waals surface area contributed by atoms with Crippen LogP contribution in [0.1, 0.15) is 32.3 Å².